The van der Waals surface area contributed by atoms with Gasteiger partial charge in [-0.25, -0.2) is 4.57 Å². The van der Waals surface area contributed by atoms with Gasteiger partial charge >= 0.3 is 19.8 Å². The lowest BCUT2D eigenvalue weighted by molar-refractivity contribution is -0.199. The van der Waals surface area contributed by atoms with Crippen LogP contribution in [0.25, 0.3) is 0 Å². The summed E-state index contributed by atoms with van der Waals surface area (Å²) in [5, 5.41) is 30.9. The maximum Gasteiger partial charge on any atom is 0.472 e. The van der Waals surface area contributed by atoms with Crippen LogP contribution in [-0.2, 0) is 37.4 Å². The summed E-state index contributed by atoms with van der Waals surface area (Å²) in [5.41, 5.74) is 5.34. The lowest BCUT2D eigenvalue weighted by Gasteiger charge is -2.36. The third-order valence-corrected chi connectivity index (χ3v) is 10.3. The third-order valence-electron chi connectivity index (χ3n) is 9.36. The summed E-state index contributed by atoms with van der Waals surface area (Å²) < 4.78 is 38.3. The second kappa shape index (κ2) is 36.0. The summed E-state index contributed by atoms with van der Waals surface area (Å²) in [7, 11) is -4.46. The number of hydrogen-bond donors (Lipinski definition) is 5. The summed E-state index contributed by atoms with van der Waals surface area (Å²) >= 11 is 0. The number of hydrogen-bond acceptors (Lipinski definition) is 12. The van der Waals surface area contributed by atoms with E-state index in [2.05, 4.69) is 50.3 Å². The molecular weight excluding hydrogens is 777 g/mol. The summed E-state index contributed by atoms with van der Waals surface area (Å²) in [6.07, 6.45) is 34.2. The van der Waals surface area contributed by atoms with Gasteiger partial charge < -0.3 is 40.2 Å². The first-order valence-corrected chi connectivity index (χ1v) is 23.3. The summed E-state index contributed by atoms with van der Waals surface area (Å²) in [6, 6.07) is 0. The van der Waals surface area contributed by atoms with E-state index in [9.17, 15) is 34.4 Å². The first-order valence-electron chi connectivity index (χ1n) is 21.8. The van der Waals surface area contributed by atoms with Crippen LogP contribution in [0.3, 0.4) is 0 Å². The molecule has 0 spiro atoms. The van der Waals surface area contributed by atoms with Gasteiger partial charge in [0.25, 0.3) is 0 Å². The Morgan fingerprint density at radius 2 is 1.36 bits per heavy atom. The van der Waals surface area contributed by atoms with E-state index in [1.807, 2.05) is 24.3 Å². The molecule has 0 aromatic heterocycles. The van der Waals surface area contributed by atoms with Crippen molar-refractivity contribution >= 4 is 19.8 Å². The maximum atomic E-state index is 12.6. The standard InChI is InChI=1S/C45H76NO12P/c1-3-5-7-8-9-10-11-12-13-14-15-16-17-18-19-20-26-30-44(50)57-39(37-56-59(52,53)55-34-33-46)36-54-43(49)29-25-22-21-24-28-40-41(48)35-45(51)58-42(40)32-31-38(47)27-23-6-4-2/h9-10,12-13,15-16,18-19,21,24,31-32,38-42,45,47-48,51H,3-8,11,14,17,20,22-23,25-30,33-37,46H2,1-2H3,(H,52,53)/b10-9-,13-12-,16-15-,19-18-,24-21-,32-31+/t38-,39+,40-,41-,42+,45?/m0/s1. The number of nitrogens with two attached hydrogens (primary N) is 1. The number of allylic oxidation sites excluding steroid dienone is 10. The van der Waals surface area contributed by atoms with Crippen LogP contribution in [0, 0.1) is 5.92 Å². The van der Waals surface area contributed by atoms with Crippen molar-refractivity contribution in [3.05, 3.63) is 72.9 Å². The molecule has 0 radical (unpaired) electrons. The molecule has 59 heavy (non-hydrogen) atoms. The average molecular weight is 854 g/mol. The normalized spacial score (nSPS) is 21.1. The Morgan fingerprint density at radius 3 is 1.98 bits per heavy atom. The van der Waals surface area contributed by atoms with E-state index in [-0.39, 0.29) is 44.9 Å². The smallest absolute Gasteiger partial charge is 0.462 e. The van der Waals surface area contributed by atoms with E-state index in [0.717, 1.165) is 44.9 Å². The molecule has 1 aliphatic heterocycles. The van der Waals surface area contributed by atoms with Gasteiger partial charge in [0.1, 0.15) is 6.61 Å². The van der Waals surface area contributed by atoms with Crippen LogP contribution in [0.5, 0.6) is 0 Å². The van der Waals surface area contributed by atoms with Gasteiger partial charge in [-0.15, -0.1) is 0 Å². The van der Waals surface area contributed by atoms with Crippen molar-refractivity contribution in [2.24, 2.45) is 11.7 Å². The van der Waals surface area contributed by atoms with Crippen molar-refractivity contribution in [2.75, 3.05) is 26.4 Å². The van der Waals surface area contributed by atoms with Gasteiger partial charge in [-0.1, -0.05) is 119 Å². The molecule has 6 N–H and O–H groups in total. The number of rotatable bonds is 35. The fourth-order valence-corrected chi connectivity index (χ4v) is 6.78. The number of unbranched alkanes of at least 4 members (excludes halogenated alkanes) is 7. The molecule has 0 amide bonds. The number of aliphatic hydroxyl groups excluding tert-OH is 3. The summed E-state index contributed by atoms with van der Waals surface area (Å²) in [6.45, 7) is 3.20. The molecule has 0 aromatic rings. The van der Waals surface area contributed by atoms with Crippen LogP contribution in [0.2, 0.25) is 0 Å². The number of phosphoric acid groups is 1. The Morgan fingerprint density at radius 1 is 0.780 bits per heavy atom. The number of phosphoric ester groups is 1. The van der Waals surface area contributed by atoms with Gasteiger partial charge in [0.2, 0.25) is 0 Å². The molecule has 0 aromatic carbocycles. The van der Waals surface area contributed by atoms with Crippen molar-refractivity contribution in [1.82, 2.24) is 0 Å². The molecule has 338 valence electrons. The van der Waals surface area contributed by atoms with E-state index < -0.39 is 57.1 Å². The molecule has 0 saturated carbocycles. The Bertz CT molecular complexity index is 1320. The lowest BCUT2D eigenvalue weighted by atomic mass is 9.87. The van der Waals surface area contributed by atoms with E-state index in [1.165, 1.54) is 19.3 Å². The minimum absolute atomic E-state index is 0.00176. The van der Waals surface area contributed by atoms with Crippen molar-refractivity contribution in [3.8, 4) is 0 Å². The molecule has 1 aliphatic rings. The van der Waals surface area contributed by atoms with Crippen LogP contribution in [0.4, 0.5) is 0 Å². The Balaban J connectivity index is 2.49. The first-order chi connectivity index (χ1) is 28.5. The predicted molar refractivity (Wildman–Crippen MR) is 232 cm³/mol. The fraction of sp³-hybridized carbons (Fsp3) is 0.689. The Hall–Kier alpha value is -2.71. The van der Waals surface area contributed by atoms with Crippen molar-refractivity contribution in [3.63, 3.8) is 0 Å². The van der Waals surface area contributed by atoms with Gasteiger partial charge in [0.05, 0.1) is 31.5 Å². The highest BCUT2D eigenvalue weighted by atomic mass is 31.2. The quantitative estimate of drug-likeness (QED) is 0.0176. The SMILES string of the molecule is CCCCC/C=C\C/C=C\C/C=C\C/C=C\CCCC(=O)O[C@H](COC(=O)CCC/C=C\C[C@H]1[C@@H](O)CC(O)O[C@@H]1/C=C/[C@@H](O)CCCCC)COP(=O)(O)OCCN. The van der Waals surface area contributed by atoms with Crippen LogP contribution in [-0.4, -0.2) is 89.2 Å². The van der Waals surface area contributed by atoms with E-state index in [0.29, 0.717) is 38.5 Å². The highest BCUT2D eigenvalue weighted by molar-refractivity contribution is 7.47. The first kappa shape index (κ1) is 54.3. The van der Waals surface area contributed by atoms with Gasteiger partial charge in [0.15, 0.2) is 12.4 Å². The number of aliphatic hydroxyl groups is 3. The van der Waals surface area contributed by atoms with Gasteiger partial charge in [0, 0.05) is 31.7 Å². The average Bonchev–Trinajstić information content (AvgIpc) is 3.20. The molecule has 1 heterocycles. The van der Waals surface area contributed by atoms with Crippen molar-refractivity contribution < 1.29 is 57.6 Å². The monoisotopic (exact) mass is 854 g/mol. The predicted octanol–water partition coefficient (Wildman–Crippen LogP) is 8.38. The molecule has 1 saturated heterocycles. The fourth-order valence-electron chi connectivity index (χ4n) is 6.02. The minimum atomic E-state index is -4.46. The van der Waals surface area contributed by atoms with E-state index in [4.69, 9.17) is 29.0 Å². The largest absolute Gasteiger partial charge is 0.472 e. The van der Waals surface area contributed by atoms with Crippen LogP contribution < -0.4 is 5.73 Å². The molecule has 0 aliphatic carbocycles. The van der Waals surface area contributed by atoms with Crippen LogP contribution in [0.1, 0.15) is 136 Å². The van der Waals surface area contributed by atoms with Gasteiger partial charge in [-0.2, -0.15) is 0 Å². The minimum Gasteiger partial charge on any atom is -0.462 e. The zero-order valence-electron chi connectivity index (χ0n) is 35.7. The molecule has 1 fully saturated rings. The number of carbonyl (C=O) groups excluding carboxylic acids is 2. The second-order valence-electron chi connectivity index (χ2n) is 14.7. The molecule has 13 nitrogen and oxygen atoms in total. The van der Waals surface area contributed by atoms with Crippen LogP contribution in [0.15, 0.2) is 72.9 Å². The zero-order valence-corrected chi connectivity index (χ0v) is 36.6. The van der Waals surface area contributed by atoms with E-state index in [1.54, 1.807) is 12.2 Å². The zero-order chi connectivity index (χ0) is 43.4. The summed E-state index contributed by atoms with van der Waals surface area (Å²) in [4.78, 5) is 35.1. The number of esters is 2. The topological polar surface area (TPSA) is 204 Å². The molecule has 1 rings (SSSR count). The Kier molecular flexibility index (Phi) is 33.1. The van der Waals surface area contributed by atoms with Gasteiger partial charge in [-0.3, -0.25) is 18.6 Å². The number of carbonyl (C=O) groups is 2. The van der Waals surface area contributed by atoms with Gasteiger partial charge in [-0.05, 0) is 70.6 Å². The second-order valence-corrected chi connectivity index (χ2v) is 16.2. The molecular formula is C45H76NO12P. The maximum absolute atomic E-state index is 12.6. The third kappa shape index (κ3) is 30.9. The molecule has 0 bridgehead atoms. The molecule has 7 atom stereocenters. The number of ether oxygens (including phenoxy) is 3. The molecule has 2 unspecified atom stereocenters. The Labute approximate surface area is 354 Å². The van der Waals surface area contributed by atoms with Crippen molar-refractivity contribution in [2.45, 2.75) is 167 Å². The van der Waals surface area contributed by atoms with Crippen molar-refractivity contribution in [1.29, 1.82) is 0 Å². The highest BCUT2D eigenvalue weighted by Gasteiger charge is 2.35. The van der Waals surface area contributed by atoms with E-state index >= 15 is 0 Å². The van der Waals surface area contributed by atoms with Crippen LogP contribution >= 0.6 is 7.82 Å². The summed E-state index contributed by atoms with van der Waals surface area (Å²) in [5.74, 6) is -1.41. The highest BCUT2D eigenvalue weighted by Crippen LogP contribution is 2.43. The molecule has 14 heteroatoms. The lowest BCUT2D eigenvalue weighted by Crippen LogP contribution is -2.43.